The van der Waals surface area contributed by atoms with E-state index in [-0.39, 0.29) is 17.3 Å². The van der Waals surface area contributed by atoms with Gasteiger partial charge in [-0.1, -0.05) is 0 Å². The molecule has 1 fully saturated rings. The number of nitrogens with zero attached hydrogens (tertiary/aromatic N) is 3. The number of alkyl halides is 3. The highest BCUT2D eigenvalue weighted by atomic mass is 19.4. The van der Waals surface area contributed by atoms with Crippen LogP contribution in [0, 0.1) is 12.8 Å². The Morgan fingerprint density at radius 3 is 2.48 bits per heavy atom. The van der Waals surface area contributed by atoms with E-state index in [0.717, 1.165) is 16.7 Å². The van der Waals surface area contributed by atoms with Crippen LogP contribution < -0.4 is 16.8 Å². The van der Waals surface area contributed by atoms with Crippen molar-refractivity contribution in [3.63, 3.8) is 0 Å². The number of aromatic nitrogens is 4. The molecule has 4 aromatic rings. The molecule has 3 heterocycles. The largest absolute Gasteiger partial charge is 0.408 e. The number of nitrogens with two attached hydrogens (primary N) is 2. The maximum Gasteiger partial charge on any atom is 0.408 e. The van der Waals surface area contributed by atoms with Crippen LogP contribution in [0.3, 0.4) is 0 Å². The molecular formula is C22H20F3N7O. The van der Waals surface area contributed by atoms with E-state index in [4.69, 9.17) is 11.5 Å². The molecule has 5 rings (SSSR count). The standard InChI is InChI=1S/C22H20F3N7O/c1-9-4-13-15(5-12(9)11-6-29-21(27)30-7-11)31-17-14(19(26)33)8-28-20(16(13)17)32-18(10-2-3-10)22(23,24)25/h4-8,10,18,31H,2-3H2,1H3,(H2,26,33)(H,28,32)(H2,27,29,30)/t18-/m1/s1. The summed E-state index contributed by atoms with van der Waals surface area (Å²) >= 11 is 0. The van der Waals surface area contributed by atoms with Crippen molar-refractivity contribution in [3.8, 4) is 11.1 Å². The normalized spacial score (nSPS) is 15.2. The van der Waals surface area contributed by atoms with Crippen LogP contribution in [0.2, 0.25) is 0 Å². The Labute approximate surface area is 185 Å². The predicted octanol–water partition coefficient (Wildman–Crippen LogP) is 3.92. The van der Waals surface area contributed by atoms with Gasteiger partial charge < -0.3 is 21.8 Å². The highest BCUT2D eigenvalue weighted by Crippen LogP contribution is 2.43. The number of nitrogens with one attached hydrogen (secondary N) is 2. The third-order valence-corrected chi connectivity index (χ3v) is 5.96. The van der Waals surface area contributed by atoms with Crippen molar-refractivity contribution < 1.29 is 18.0 Å². The molecule has 1 aromatic carbocycles. The van der Waals surface area contributed by atoms with E-state index in [1.54, 1.807) is 12.4 Å². The molecule has 11 heteroatoms. The summed E-state index contributed by atoms with van der Waals surface area (Å²) < 4.78 is 41.1. The number of amides is 1. The zero-order valence-corrected chi connectivity index (χ0v) is 17.5. The molecule has 0 saturated heterocycles. The fourth-order valence-electron chi connectivity index (χ4n) is 4.18. The average molecular weight is 455 g/mol. The highest BCUT2D eigenvalue weighted by molar-refractivity contribution is 6.18. The number of carbonyl (C=O) groups is 1. The summed E-state index contributed by atoms with van der Waals surface area (Å²) in [6, 6.07) is 1.94. The zero-order chi connectivity index (χ0) is 23.5. The lowest BCUT2D eigenvalue weighted by atomic mass is 10.00. The fraction of sp³-hybridized carbons (Fsp3) is 0.273. The number of aryl methyl sites for hydroxylation is 1. The number of pyridine rings is 1. The first-order valence-electron chi connectivity index (χ1n) is 10.3. The fourth-order valence-corrected chi connectivity index (χ4v) is 4.18. The summed E-state index contributed by atoms with van der Waals surface area (Å²) in [5.41, 5.74) is 14.5. The van der Waals surface area contributed by atoms with Crippen molar-refractivity contribution in [2.75, 3.05) is 11.1 Å². The van der Waals surface area contributed by atoms with E-state index >= 15 is 0 Å². The molecule has 170 valence electrons. The smallest absolute Gasteiger partial charge is 0.368 e. The minimum atomic E-state index is -4.43. The van der Waals surface area contributed by atoms with Gasteiger partial charge in [0, 0.05) is 35.1 Å². The van der Waals surface area contributed by atoms with Crippen LogP contribution in [0.5, 0.6) is 0 Å². The van der Waals surface area contributed by atoms with Crippen LogP contribution in [0.15, 0.2) is 30.7 Å². The molecule has 0 unspecified atom stereocenters. The molecule has 3 aromatic heterocycles. The number of rotatable bonds is 5. The minimum Gasteiger partial charge on any atom is -0.368 e. The number of primary amides is 1. The van der Waals surface area contributed by atoms with Crippen molar-refractivity contribution >= 4 is 39.5 Å². The minimum absolute atomic E-state index is 0.0541. The van der Waals surface area contributed by atoms with E-state index in [1.807, 2.05) is 19.1 Å². The lowest BCUT2D eigenvalue weighted by molar-refractivity contribution is -0.146. The molecule has 1 aliphatic rings. The predicted molar refractivity (Wildman–Crippen MR) is 118 cm³/mol. The number of H-pyrrole nitrogens is 1. The van der Waals surface area contributed by atoms with Crippen molar-refractivity contribution in [2.45, 2.75) is 32.0 Å². The van der Waals surface area contributed by atoms with Gasteiger partial charge in [0.2, 0.25) is 5.95 Å². The van der Waals surface area contributed by atoms with Gasteiger partial charge in [0.15, 0.2) is 0 Å². The van der Waals surface area contributed by atoms with Gasteiger partial charge in [0.1, 0.15) is 11.9 Å². The van der Waals surface area contributed by atoms with E-state index in [2.05, 4.69) is 25.3 Å². The number of nitrogen functional groups attached to an aromatic ring is 1. The number of carbonyl (C=O) groups excluding carboxylic acids is 1. The second-order valence-corrected chi connectivity index (χ2v) is 8.30. The maximum absolute atomic E-state index is 13.7. The quantitative estimate of drug-likeness (QED) is 0.360. The van der Waals surface area contributed by atoms with Gasteiger partial charge in [-0.25, -0.2) is 15.0 Å². The number of hydrogen-bond donors (Lipinski definition) is 4. The van der Waals surface area contributed by atoms with Crippen molar-refractivity contribution in [3.05, 3.63) is 41.9 Å². The van der Waals surface area contributed by atoms with Gasteiger partial charge in [-0.3, -0.25) is 4.79 Å². The second kappa shape index (κ2) is 7.32. The first kappa shape index (κ1) is 21.0. The molecular weight excluding hydrogens is 435 g/mol. The van der Waals surface area contributed by atoms with Crippen LogP contribution in [-0.2, 0) is 0 Å². The topological polar surface area (TPSA) is 136 Å². The molecule has 1 amide bonds. The van der Waals surface area contributed by atoms with Gasteiger partial charge in [0.05, 0.1) is 16.5 Å². The van der Waals surface area contributed by atoms with Gasteiger partial charge >= 0.3 is 6.18 Å². The summed E-state index contributed by atoms with van der Waals surface area (Å²) in [6.07, 6.45) is 0.948. The molecule has 8 nitrogen and oxygen atoms in total. The van der Waals surface area contributed by atoms with Crippen molar-refractivity contribution in [2.24, 2.45) is 11.7 Å². The van der Waals surface area contributed by atoms with Gasteiger partial charge in [0.25, 0.3) is 5.91 Å². The van der Waals surface area contributed by atoms with Crippen molar-refractivity contribution in [1.82, 2.24) is 19.9 Å². The van der Waals surface area contributed by atoms with E-state index in [9.17, 15) is 18.0 Å². The molecule has 6 N–H and O–H groups in total. The summed E-state index contributed by atoms with van der Waals surface area (Å²) in [6.45, 7) is 1.87. The second-order valence-electron chi connectivity index (χ2n) is 8.30. The maximum atomic E-state index is 13.7. The van der Waals surface area contributed by atoms with Crippen LogP contribution in [0.25, 0.3) is 32.9 Å². The summed E-state index contributed by atoms with van der Waals surface area (Å²) in [4.78, 5) is 27.4. The number of halogens is 3. The number of hydrogen-bond acceptors (Lipinski definition) is 6. The Morgan fingerprint density at radius 2 is 1.88 bits per heavy atom. The summed E-state index contributed by atoms with van der Waals surface area (Å²) in [5.74, 6) is -1.03. The third-order valence-electron chi connectivity index (χ3n) is 5.96. The Kier molecular flexibility index (Phi) is 4.66. The monoisotopic (exact) mass is 455 g/mol. The molecule has 0 bridgehead atoms. The SMILES string of the molecule is Cc1cc2c(cc1-c1cnc(N)nc1)[nH]c1c(C(N)=O)cnc(N[C@H](C3CC3)C(F)(F)F)c12. The number of aromatic amines is 1. The number of anilines is 2. The van der Waals surface area contributed by atoms with E-state index in [0.29, 0.717) is 34.6 Å². The van der Waals surface area contributed by atoms with Crippen LogP contribution in [-0.4, -0.2) is 38.1 Å². The van der Waals surface area contributed by atoms with E-state index in [1.165, 1.54) is 6.20 Å². The van der Waals surface area contributed by atoms with Crippen molar-refractivity contribution in [1.29, 1.82) is 0 Å². The molecule has 0 aliphatic heterocycles. The van der Waals surface area contributed by atoms with Crippen LogP contribution >= 0.6 is 0 Å². The number of benzene rings is 1. The first-order valence-corrected chi connectivity index (χ1v) is 10.3. The molecule has 0 radical (unpaired) electrons. The Bertz CT molecular complexity index is 1390. The Morgan fingerprint density at radius 1 is 1.18 bits per heavy atom. The lowest BCUT2D eigenvalue weighted by Crippen LogP contribution is -2.38. The van der Waals surface area contributed by atoms with Crippen LogP contribution in [0.1, 0.15) is 28.8 Å². The summed E-state index contributed by atoms with van der Waals surface area (Å²) in [7, 11) is 0. The Balaban J connectivity index is 1.72. The average Bonchev–Trinajstić information content (AvgIpc) is 3.51. The van der Waals surface area contributed by atoms with Gasteiger partial charge in [-0.15, -0.1) is 0 Å². The molecule has 33 heavy (non-hydrogen) atoms. The van der Waals surface area contributed by atoms with Gasteiger partial charge in [-0.2, -0.15) is 13.2 Å². The molecule has 1 saturated carbocycles. The summed E-state index contributed by atoms with van der Waals surface area (Å²) in [5, 5.41) is 3.61. The molecule has 1 aliphatic carbocycles. The lowest BCUT2D eigenvalue weighted by Gasteiger charge is -2.22. The molecule has 1 atom stereocenters. The third kappa shape index (κ3) is 3.69. The highest BCUT2D eigenvalue weighted by Gasteiger charge is 2.49. The Hall–Kier alpha value is -3.89. The zero-order valence-electron chi connectivity index (χ0n) is 17.5. The van der Waals surface area contributed by atoms with E-state index < -0.39 is 24.0 Å². The van der Waals surface area contributed by atoms with Gasteiger partial charge in [-0.05, 0) is 48.9 Å². The molecule has 0 spiro atoms. The number of fused-ring (bicyclic) bond motifs is 3. The van der Waals surface area contributed by atoms with Crippen LogP contribution in [0.4, 0.5) is 24.9 Å². The first-order chi connectivity index (χ1) is 15.6.